The molecule has 7 heteroatoms. The molecule has 0 radical (unpaired) electrons. The van der Waals surface area contributed by atoms with Crippen LogP contribution in [-0.4, -0.2) is 20.7 Å². The first kappa shape index (κ1) is 19.0. The van der Waals surface area contributed by atoms with Crippen molar-refractivity contribution in [3.05, 3.63) is 71.0 Å². The summed E-state index contributed by atoms with van der Waals surface area (Å²) in [5.74, 6) is -0.194. The van der Waals surface area contributed by atoms with Gasteiger partial charge in [0, 0.05) is 17.4 Å². The van der Waals surface area contributed by atoms with Crippen LogP contribution in [0, 0.1) is 18.3 Å². The van der Waals surface area contributed by atoms with Crippen molar-refractivity contribution in [3.8, 4) is 11.8 Å². The number of amides is 1. The number of carbonyl (C=O) groups excluding carboxylic acids is 1. The minimum absolute atomic E-state index is 0.194. The number of benzene rings is 2. The van der Waals surface area contributed by atoms with E-state index in [1.807, 2.05) is 35.9 Å². The van der Waals surface area contributed by atoms with Gasteiger partial charge in [0.15, 0.2) is 5.16 Å². The maximum atomic E-state index is 12.6. The third kappa shape index (κ3) is 4.16. The number of nitrogens with zero attached hydrogens (tertiary/aromatic N) is 3. The molecule has 136 valence electrons. The summed E-state index contributed by atoms with van der Waals surface area (Å²) in [4.78, 5) is 17.0. The largest absolute Gasteiger partial charge is 0.324 e. The SMILES string of the molecule is Cc1c(Cl)cccc1-n1ccnc1SC(C)C(=O)Nc1ccccc1C#N. The van der Waals surface area contributed by atoms with Gasteiger partial charge in [0.25, 0.3) is 0 Å². The fourth-order valence-electron chi connectivity index (χ4n) is 2.55. The van der Waals surface area contributed by atoms with Gasteiger partial charge in [-0.2, -0.15) is 5.26 Å². The quantitative estimate of drug-likeness (QED) is 0.627. The van der Waals surface area contributed by atoms with Gasteiger partial charge in [0.2, 0.25) is 5.91 Å². The van der Waals surface area contributed by atoms with Crippen molar-refractivity contribution in [3.63, 3.8) is 0 Å². The van der Waals surface area contributed by atoms with Gasteiger partial charge in [-0.25, -0.2) is 4.98 Å². The number of thioether (sulfide) groups is 1. The zero-order valence-electron chi connectivity index (χ0n) is 14.8. The van der Waals surface area contributed by atoms with Crippen LogP contribution in [0.2, 0.25) is 5.02 Å². The molecule has 3 rings (SSSR count). The summed E-state index contributed by atoms with van der Waals surface area (Å²) in [7, 11) is 0. The van der Waals surface area contributed by atoms with E-state index in [1.54, 1.807) is 37.4 Å². The Balaban J connectivity index is 1.78. The highest BCUT2D eigenvalue weighted by molar-refractivity contribution is 8.00. The van der Waals surface area contributed by atoms with Crippen molar-refractivity contribution >= 4 is 35.0 Å². The Morgan fingerprint density at radius 2 is 2.07 bits per heavy atom. The average Bonchev–Trinajstić information content (AvgIpc) is 3.12. The van der Waals surface area contributed by atoms with E-state index in [-0.39, 0.29) is 5.91 Å². The summed E-state index contributed by atoms with van der Waals surface area (Å²) < 4.78 is 1.92. The third-order valence-corrected chi connectivity index (χ3v) is 5.55. The average molecular weight is 397 g/mol. The smallest absolute Gasteiger partial charge is 0.237 e. The lowest BCUT2D eigenvalue weighted by molar-refractivity contribution is -0.115. The molecule has 0 saturated carbocycles. The van der Waals surface area contributed by atoms with Gasteiger partial charge in [0.05, 0.1) is 22.2 Å². The number of hydrogen-bond acceptors (Lipinski definition) is 4. The van der Waals surface area contributed by atoms with Crippen LogP contribution in [-0.2, 0) is 4.79 Å². The van der Waals surface area contributed by atoms with Crippen molar-refractivity contribution in [2.75, 3.05) is 5.32 Å². The van der Waals surface area contributed by atoms with Crippen molar-refractivity contribution in [2.45, 2.75) is 24.3 Å². The molecule has 0 aliphatic rings. The highest BCUT2D eigenvalue weighted by atomic mass is 35.5. The highest BCUT2D eigenvalue weighted by Gasteiger charge is 2.19. The van der Waals surface area contributed by atoms with E-state index in [2.05, 4.69) is 16.4 Å². The summed E-state index contributed by atoms with van der Waals surface area (Å²) in [6.45, 7) is 3.75. The molecule has 3 aromatic rings. The molecule has 1 heterocycles. The molecule has 1 N–H and O–H groups in total. The molecule has 1 aromatic heterocycles. The van der Waals surface area contributed by atoms with Crippen LogP contribution < -0.4 is 5.32 Å². The van der Waals surface area contributed by atoms with Crippen LogP contribution >= 0.6 is 23.4 Å². The zero-order chi connectivity index (χ0) is 19.4. The van der Waals surface area contributed by atoms with Gasteiger partial charge in [-0.05, 0) is 43.7 Å². The molecule has 0 aliphatic heterocycles. The van der Waals surface area contributed by atoms with Crippen molar-refractivity contribution in [1.29, 1.82) is 5.26 Å². The van der Waals surface area contributed by atoms with Crippen LogP contribution in [0.3, 0.4) is 0 Å². The maximum absolute atomic E-state index is 12.6. The van der Waals surface area contributed by atoms with E-state index >= 15 is 0 Å². The zero-order valence-corrected chi connectivity index (χ0v) is 16.4. The Hall–Kier alpha value is -2.75. The second-order valence-corrected chi connectivity index (χ2v) is 7.59. The number of anilines is 1. The van der Waals surface area contributed by atoms with Crippen LogP contribution in [0.4, 0.5) is 5.69 Å². The normalized spacial score (nSPS) is 11.6. The highest BCUT2D eigenvalue weighted by Crippen LogP contribution is 2.29. The van der Waals surface area contributed by atoms with E-state index < -0.39 is 5.25 Å². The van der Waals surface area contributed by atoms with Crippen LogP contribution in [0.1, 0.15) is 18.1 Å². The summed E-state index contributed by atoms with van der Waals surface area (Å²) in [5.41, 5.74) is 2.80. The van der Waals surface area contributed by atoms with Gasteiger partial charge in [0.1, 0.15) is 6.07 Å². The summed E-state index contributed by atoms with van der Waals surface area (Å²) in [6, 6.07) is 14.7. The monoisotopic (exact) mass is 396 g/mol. The first-order valence-corrected chi connectivity index (χ1v) is 9.52. The fraction of sp³-hybridized carbons (Fsp3) is 0.150. The lowest BCUT2D eigenvalue weighted by Crippen LogP contribution is -2.23. The molecule has 0 fully saturated rings. The van der Waals surface area contributed by atoms with Crippen LogP contribution in [0.15, 0.2) is 60.0 Å². The first-order chi connectivity index (χ1) is 13.0. The number of imidazole rings is 1. The molecule has 2 aromatic carbocycles. The predicted molar refractivity (Wildman–Crippen MR) is 108 cm³/mol. The second-order valence-electron chi connectivity index (χ2n) is 5.87. The molecule has 1 atom stereocenters. The Bertz CT molecular complexity index is 1020. The number of rotatable bonds is 5. The Labute approximate surface area is 167 Å². The molecule has 1 amide bonds. The van der Waals surface area contributed by atoms with Gasteiger partial charge in [-0.15, -0.1) is 0 Å². The standard InChI is InChI=1S/C20H17ClN4OS/c1-13-16(21)7-5-9-18(13)25-11-10-23-20(25)27-14(2)19(26)24-17-8-4-3-6-15(17)12-22/h3-11,14H,1-2H3,(H,24,26). The van der Waals surface area contributed by atoms with Crippen molar-refractivity contribution in [2.24, 2.45) is 0 Å². The Kier molecular flexibility index (Phi) is 5.84. The number of para-hydroxylation sites is 1. The van der Waals surface area contributed by atoms with Gasteiger partial charge < -0.3 is 5.32 Å². The molecule has 1 unspecified atom stereocenters. The molecule has 0 bridgehead atoms. The van der Waals surface area contributed by atoms with Gasteiger partial charge in [-0.3, -0.25) is 9.36 Å². The van der Waals surface area contributed by atoms with Gasteiger partial charge >= 0.3 is 0 Å². The van der Waals surface area contributed by atoms with Gasteiger partial charge in [-0.1, -0.05) is 41.6 Å². The number of carbonyl (C=O) groups is 1. The maximum Gasteiger partial charge on any atom is 0.237 e. The lowest BCUT2D eigenvalue weighted by atomic mass is 10.2. The Morgan fingerprint density at radius 1 is 1.30 bits per heavy atom. The predicted octanol–water partition coefficient (Wildman–Crippen LogP) is 4.83. The topological polar surface area (TPSA) is 70.7 Å². The number of hydrogen-bond donors (Lipinski definition) is 1. The van der Waals surface area contributed by atoms with E-state index in [9.17, 15) is 4.79 Å². The molecule has 0 saturated heterocycles. The van der Waals surface area contributed by atoms with E-state index in [0.717, 1.165) is 11.3 Å². The van der Waals surface area contributed by atoms with Crippen molar-refractivity contribution < 1.29 is 4.79 Å². The molecular formula is C20H17ClN4OS. The van der Waals surface area contributed by atoms with E-state index in [1.165, 1.54) is 11.8 Å². The van der Waals surface area contributed by atoms with E-state index in [0.29, 0.717) is 21.4 Å². The first-order valence-electron chi connectivity index (χ1n) is 8.26. The minimum atomic E-state index is -0.405. The summed E-state index contributed by atoms with van der Waals surface area (Å²) >= 11 is 7.57. The lowest BCUT2D eigenvalue weighted by Gasteiger charge is -2.15. The molecular weight excluding hydrogens is 380 g/mol. The summed E-state index contributed by atoms with van der Waals surface area (Å²) in [5, 5.41) is 12.9. The Morgan fingerprint density at radius 3 is 2.85 bits per heavy atom. The molecule has 0 spiro atoms. The molecule has 27 heavy (non-hydrogen) atoms. The minimum Gasteiger partial charge on any atom is -0.324 e. The van der Waals surface area contributed by atoms with E-state index in [4.69, 9.17) is 16.9 Å². The van der Waals surface area contributed by atoms with Crippen LogP contribution in [0.25, 0.3) is 5.69 Å². The van der Waals surface area contributed by atoms with Crippen LogP contribution in [0.5, 0.6) is 0 Å². The molecule has 0 aliphatic carbocycles. The fourth-order valence-corrected chi connectivity index (χ4v) is 3.60. The number of nitriles is 1. The summed E-state index contributed by atoms with van der Waals surface area (Å²) in [6.07, 6.45) is 3.54. The third-order valence-electron chi connectivity index (χ3n) is 4.06. The number of nitrogens with one attached hydrogen (secondary N) is 1. The molecule has 5 nitrogen and oxygen atoms in total. The number of halogens is 1. The second kappa shape index (κ2) is 8.30. The van der Waals surface area contributed by atoms with Crippen molar-refractivity contribution in [1.82, 2.24) is 9.55 Å². The number of aromatic nitrogens is 2.